The van der Waals surface area contributed by atoms with Gasteiger partial charge in [-0.3, -0.25) is 9.69 Å². The van der Waals surface area contributed by atoms with Gasteiger partial charge in [0.05, 0.1) is 26.4 Å². The van der Waals surface area contributed by atoms with Gasteiger partial charge in [0.2, 0.25) is 13.1 Å². The van der Waals surface area contributed by atoms with Gasteiger partial charge in [0.1, 0.15) is 0 Å². The minimum Gasteiger partial charge on any atom is -0.459 e. The van der Waals surface area contributed by atoms with E-state index in [1.54, 1.807) is 11.3 Å². The summed E-state index contributed by atoms with van der Waals surface area (Å²) in [5.41, 5.74) is 2.33. The van der Waals surface area contributed by atoms with Crippen molar-refractivity contribution in [3.63, 3.8) is 0 Å². The van der Waals surface area contributed by atoms with E-state index in [-0.39, 0.29) is 31.8 Å². The van der Waals surface area contributed by atoms with Crippen LogP contribution in [0.1, 0.15) is 23.5 Å². The van der Waals surface area contributed by atoms with Gasteiger partial charge in [-0.05, 0) is 46.2 Å². The van der Waals surface area contributed by atoms with Crippen molar-refractivity contribution >= 4 is 17.2 Å². The number of benzene rings is 1. The number of thiophene rings is 1. The molecule has 1 aromatic heterocycles. The van der Waals surface area contributed by atoms with Crippen molar-refractivity contribution in [2.45, 2.75) is 25.2 Å². The van der Waals surface area contributed by atoms with Crippen LogP contribution in [-0.4, -0.2) is 86.5 Å². The van der Waals surface area contributed by atoms with Crippen molar-refractivity contribution in [1.29, 1.82) is 0 Å². The first-order chi connectivity index (χ1) is 17.7. The molecule has 4 heterocycles. The molecule has 2 atom stereocenters. The van der Waals surface area contributed by atoms with Crippen LogP contribution >= 0.6 is 11.3 Å². The monoisotopic (exact) mass is 516 g/mol. The van der Waals surface area contributed by atoms with Gasteiger partial charge >= 0.3 is 0 Å². The normalized spacial score (nSPS) is 21.8. The number of carbonyl (C=O) groups is 1. The summed E-state index contributed by atoms with van der Waals surface area (Å²) in [5, 5.41) is 13.0. The smallest absolute Gasteiger partial charge is 0.288 e. The molecule has 3 aliphatic rings. The van der Waals surface area contributed by atoms with Crippen molar-refractivity contribution < 1.29 is 33.6 Å². The van der Waals surface area contributed by atoms with Crippen molar-refractivity contribution in [2.75, 3.05) is 59.4 Å². The molecule has 9 nitrogen and oxygen atoms in total. The summed E-state index contributed by atoms with van der Waals surface area (Å²) in [5.74, 6) is 1.89. The van der Waals surface area contributed by atoms with E-state index >= 15 is 0 Å². The summed E-state index contributed by atoms with van der Waals surface area (Å²) in [6.07, 6.45) is 2.05. The lowest BCUT2D eigenvalue weighted by atomic mass is 9.95. The van der Waals surface area contributed by atoms with Crippen molar-refractivity contribution in [3.8, 4) is 11.5 Å². The molecule has 0 spiro atoms. The number of rotatable bonds is 10. The van der Waals surface area contributed by atoms with Crippen molar-refractivity contribution in [2.24, 2.45) is 0 Å². The Hall–Kier alpha value is -2.63. The van der Waals surface area contributed by atoms with E-state index in [0.29, 0.717) is 38.5 Å². The lowest BCUT2D eigenvalue weighted by molar-refractivity contribution is -0.157. The second-order valence-electron chi connectivity index (χ2n) is 8.94. The van der Waals surface area contributed by atoms with E-state index in [9.17, 15) is 4.79 Å². The lowest BCUT2D eigenvalue weighted by Gasteiger charge is -2.36. The number of fused-ring (bicyclic) bond motifs is 1. The summed E-state index contributed by atoms with van der Waals surface area (Å²) >= 11 is 1.64. The van der Waals surface area contributed by atoms with Gasteiger partial charge in [-0.25, -0.2) is 0 Å². The number of ether oxygens (including phenoxy) is 5. The molecule has 0 radical (unpaired) electrons. The van der Waals surface area contributed by atoms with Gasteiger partial charge in [0.25, 0.3) is 5.91 Å². The molecule has 10 heteroatoms. The molecule has 1 N–H and O–H groups in total. The van der Waals surface area contributed by atoms with Crippen LogP contribution in [0.5, 0.6) is 11.5 Å². The molecule has 1 aromatic carbocycles. The van der Waals surface area contributed by atoms with E-state index in [1.807, 2.05) is 28.5 Å². The number of carbonyl (C=O) groups excluding carboxylic acids is 1. The van der Waals surface area contributed by atoms with E-state index in [1.165, 1.54) is 5.56 Å². The van der Waals surface area contributed by atoms with Gasteiger partial charge < -0.3 is 33.7 Å². The van der Waals surface area contributed by atoms with E-state index in [0.717, 1.165) is 36.7 Å². The summed E-state index contributed by atoms with van der Waals surface area (Å²) < 4.78 is 28.1. The average Bonchev–Trinajstić information content (AvgIpc) is 3.61. The summed E-state index contributed by atoms with van der Waals surface area (Å²) in [6.45, 7) is 4.85. The number of piperazine rings is 1. The van der Waals surface area contributed by atoms with Crippen LogP contribution in [-0.2, 0) is 25.5 Å². The SMILES string of the molecule is O=C(C1=CC(c2ccsc2)CC(OCCOCCO)O1)N1CCN(Cc2ccc3c(c2)OCO3)CC1. The molecule has 36 heavy (non-hydrogen) atoms. The molecule has 1 fully saturated rings. The Kier molecular flexibility index (Phi) is 8.40. The van der Waals surface area contributed by atoms with Crippen LogP contribution in [0.3, 0.4) is 0 Å². The van der Waals surface area contributed by atoms with E-state index in [4.69, 9.17) is 28.8 Å². The quantitative estimate of drug-likeness (QED) is 0.482. The largest absolute Gasteiger partial charge is 0.459 e. The maximum absolute atomic E-state index is 13.4. The highest BCUT2D eigenvalue weighted by molar-refractivity contribution is 7.08. The highest BCUT2D eigenvalue weighted by Gasteiger charge is 2.32. The number of aliphatic hydroxyl groups excluding tert-OH is 1. The number of allylic oxidation sites excluding steroid dienone is 1. The molecule has 5 rings (SSSR count). The molecule has 0 saturated carbocycles. The zero-order valence-corrected chi connectivity index (χ0v) is 21.0. The van der Waals surface area contributed by atoms with Crippen LogP contribution in [0.15, 0.2) is 46.9 Å². The number of nitrogens with zero attached hydrogens (tertiary/aromatic N) is 2. The van der Waals surface area contributed by atoms with Crippen molar-refractivity contribution in [3.05, 3.63) is 58.0 Å². The van der Waals surface area contributed by atoms with Crippen LogP contribution in [0.2, 0.25) is 0 Å². The fourth-order valence-corrected chi connectivity index (χ4v) is 5.32. The minimum absolute atomic E-state index is 0.0223. The number of hydrogen-bond acceptors (Lipinski definition) is 9. The first-order valence-corrected chi connectivity index (χ1v) is 13.2. The zero-order chi connectivity index (χ0) is 24.7. The second kappa shape index (κ2) is 12.1. The van der Waals surface area contributed by atoms with Crippen LogP contribution in [0, 0.1) is 0 Å². The molecule has 2 unspecified atom stereocenters. The predicted molar refractivity (Wildman–Crippen MR) is 133 cm³/mol. The average molecular weight is 517 g/mol. The molecule has 1 amide bonds. The zero-order valence-electron chi connectivity index (χ0n) is 20.2. The molecule has 2 aromatic rings. The summed E-state index contributed by atoms with van der Waals surface area (Å²) in [6, 6.07) is 8.12. The first kappa shape index (κ1) is 25.0. The fourth-order valence-electron chi connectivity index (χ4n) is 4.60. The molecule has 0 bridgehead atoms. The van der Waals surface area contributed by atoms with E-state index < -0.39 is 6.29 Å². The molecule has 0 aliphatic carbocycles. The van der Waals surface area contributed by atoms with E-state index in [2.05, 4.69) is 22.4 Å². The Balaban J connectivity index is 1.17. The highest BCUT2D eigenvalue weighted by Crippen LogP contribution is 2.34. The maximum Gasteiger partial charge on any atom is 0.288 e. The van der Waals surface area contributed by atoms with Crippen LogP contribution in [0.4, 0.5) is 0 Å². The Bertz CT molecular complexity index is 1040. The number of amides is 1. The topological polar surface area (TPSA) is 89.9 Å². The van der Waals surface area contributed by atoms with Gasteiger partial charge in [-0.1, -0.05) is 6.07 Å². The predicted octanol–water partition coefficient (Wildman–Crippen LogP) is 2.56. The molecule has 1 saturated heterocycles. The second-order valence-corrected chi connectivity index (χ2v) is 9.72. The molecule has 3 aliphatic heterocycles. The van der Waals surface area contributed by atoms with Gasteiger partial charge in [-0.2, -0.15) is 11.3 Å². The Morgan fingerprint density at radius 1 is 1.08 bits per heavy atom. The summed E-state index contributed by atoms with van der Waals surface area (Å²) in [4.78, 5) is 17.6. The molecular weight excluding hydrogens is 484 g/mol. The Labute approximate surface area is 214 Å². The third-order valence-electron chi connectivity index (χ3n) is 6.51. The Morgan fingerprint density at radius 3 is 2.75 bits per heavy atom. The third kappa shape index (κ3) is 6.19. The van der Waals surface area contributed by atoms with Gasteiger partial charge in [0, 0.05) is 45.1 Å². The minimum atomic E-state index is -0.524. The number of hydrogen-bond donors (Lipinski definition) is 1. The summed E-state index contributed by atoms with van der Waals surface area (Å²) in [7, 11) is 0. The Morgan fingerprint density at radius 2 is 1.94 bits per heavy atom. The van der Waals surface area contributed by atoms with Crippen LogP contribution < -0.4 is 9.47 Å². The maximum atomic E-state index is 13.4. The van der Waals surface area contributed by atoms with Crippen LogP contribution in [0.25, 0.3) is 0 Å². The lowest BCUT2D eigenvalue weighted by Crippen LogP contribution is -2.49. The highest BCUT2D eigenvalue weighted by atomic mass is 32.1. The van der Waals surface area contributed by atoms with Gasteiger partial charge in [-0.15, -0.1) is 0 Å². The standard InChI is InChI=1S/C26H32N2O7S/c29-8-9-31-10-11-32-25-15-21(20-3-12-36-17-20)14-24(35-25)26(30)28-6-4-27(5-7-28)16-19-1-2-22-23(13-19)34-18-33-22/h1-3,12-14,17,21,25,29H,4-11,15-16,18H2. The first-order valence-electron chi connectivity index (χ1n) is 12.3. The number of aliphatic hydroxyl groups is 1. The third-order valence-corrected chi connectivity index (χ3v) is 7.21. The molecular formula is C26H32N2O7S. The fraction of sp³-hybridized carbons (Fsp3) is 0.500. The van der Waals surface area contributed by atoms with Crippen molar-refractivity contribution in [1.82, 2.24) is 9.80 Å². The van der Waals surface area contributed by atoms with Gasteiger partial charge in [0.15, 0.2) is 17.3 Å². The molecule has 194 valence electrons.